The zero-order valence-electron chi connectivity index (χ0n) is 10.1. The second-order valence-electron chi connectivity index (χ2n) is 4.80. The van der Waals surface area contributed by atoms with E-state index in [0.29, 0.717) is 16.6 Å². The van der Waals surface area contributed by atoms with Crippen molar-refractivity contribution in [3.8, 4) is 0 Å². The molecule has 1 amide bonds. The predicted octanol–water partition coefficient (Wildman–Crippen LogP) is 4.10. The van der Waals surface area contributed by atoms with Gasteiger partial charge in [-0.05, 0) is 30.9 Å². The molecule has 0 aliphatic heterocycles. The van der Waals surface area contributed by atoms with Gasteiger partial charge in [0.1, 0.15) is 0 Å². The number of anilines is 1. The zero-order chi connectivity index (χ0) is 12.3. The Hall–Kier alpha value is -1.02. The summed E-state index contributed by atoms with van der Waals surface area (Å²) in [5, 5.41) is 3.51. The van der Waals surface area contributed by atoms with Crippen LogP contribution in [0.15, 0.2) is 24.3 Å². The van der Waals surface area contributed by atoms with E-state index in [1.165, 1.54) is 25.7 Å². The van der Waals surface area contributed by atoms with Gasteiger partial charge in [0.25, 0.3) is 0 Å². The Morgan fingerprint density at radius 1 is 1.35 bits per heavy atom. The summed E-state index contributed by atoms with van der Waals surface area (Å²) in [4.78, 5) is 12.1. The summed E-state index contributed by atoms with van der Waals surface area (Å²) in [6.45, 7) is 2.02. The van der Waals surface area contributed by atoms with Crippen LogP contribution in [-0.4, -0.2) is 5.91 Å². The van der Waals surface area contributed by atoms with E-state index in [-0.39, 0.29) is 11.8 Å². The van der Waals surface area contributed by atoms with Gasteiger partial charge in [0.2, 0.25) is 5.91 Å². The smallest absolute Gasteiger partial charge is 0.227 e. The van der Waals surface area contributed by atoms with Crippen molar-refractivity contribution in [1.82, 2.24) is 0 Å². The van der Waals surface area contributed by atoms with E-state index >= 15 is 0 Å². The lowest BCUT2D eigenvalue weighted by molar-refractivity contribution is -0.120. The van der Waals surface area contributed by atoms with Crippen molar-refractivity contribution in [2.24, 2.45) is 11.8 Å². The number of carbonyl (C=O) groups excluding carboxylic acids is 1. The van der Waals surface area contributed by atoms with Gasteiger partial charge in [0.15, 0.2) is 0 Å². The summed E-state index contributed by atoms with van der Waals surface area (Å²) in [6, 6.07) is 7.36. The van der Waals surface area contributed by atoms with Crippen LogP contribution < -0.4 is 5.32 Å². The van der Waals surface area contributed by atoms with Gasteiger partial charge >= 0.3 is 0 Å². The maximum atomic E-state index is 12.1. The number of carbonyl (C=O) groups is 1. The maximum Gasteiger partial charge on any atom is 0.227 e. The Morgan fingerprint density at radius 2 is 2.00 bits per heavy atom. The molecule has 1 fully saturated rings. The number of hydrogen-bond acceptors (Lipinski definition) is 1. The summed E-state index contributed by atoms with van der Waals surface area (Å²) in [5.74, 6) is 0.705. The molecule has 1 N–H and O–H groups in total. The van der Waals surface area contributed by atoms with E-state index in [0.717, 1.165) is 0 Å². The number of nitrogens with one attached hydrogen (secondary N) is 1. The van der Waals surface area contributed by atoms with Gasteiger partial charge in [-0.3, -0.25) is 4.79 Å². The molecule has 1 aromatic carbocycles. The van der Waals surface area contributed by atoms with Crippen LogP contribution in [0.4, 0.5) is 5.69 Å². The number of hydrogen-bond donors (Lipinski definition) is 1. The lowest BCUT2D eigenvalue weighted by Gasteiger charge is -2.18. The number of benzene rings is 1. The molecule has 92 valence electrons. The lowest BCUT2D eigenvalue weighted by atomic mass is 9.92. The highest BCUT2D eigenvalue weighted by atomic mass is 35.5. The van der Waals surface area contributed by atoms with E-state index in [1.807, 2.05) is 25.1 Å². The molecule has 1 saturated carbocycles. The highest BCUT2D eigenvalue weighted by molar-refractivity contribution is 6.33. The summed E-state index contributed by atoms with van der Waals surface area (Å²) in [7, 11) is 0. The summed E-state index contributed by atoms with van der Waals surface area (Å²) in [5.41, 5.74) is 0.712. The predicted molar refractivity (Wildman–Crippen MR) is 71.2 cm³/mol. The molecule has 0 aromatic heterocycles. The van der Waals surface area contributed by atoms with Crippen LogP contribution in [0.3, 0.4) is 0 Å². The van der Waals surface area contributed by atoms with Gasteiger partial charge in [-0.25, -0.2) is 0 Å². The Morgan fingerprint density at radius 3 is 2.65 bits per heavy atom. The van der Waals surface area contributed by atoms with Crippen molar-refractivity contribution in [3.05, 3.63) is 29.3 Å². The summed E-state index contributed by atoms with van der Waals surface area (Å²) >= 11 is 6.02. The Balaban J connectivity index is 1.99. The second-order valence-corrected chi connectivity index (χ2v) is 5.21. The van der Waals surface area contributed by atoms with Gasteiger partial charge in [-0.1, -0.05) is 43.5 Å². The maximum absolute atomic E-state index is 12.1. The van der Waals surface area contributed by atoms with Crippen molar-refractivity contribution in [3.63, 3.8) is 0 Å². The number of amides is 1. The highest BCUT2D eigenvalue weighted by Gasteiger charge is 2.26. The summed E-state index contributed by atoms with van der Waals surface area (Å²) < 4.78 is 0. The first-order chi connectivity index (χ1) is 8.18. The minimum Gasteiger partial charge on any atom is -0.325 e. The highest BCUT2D eigenvalue weighted by Crippen LogP contribution is 2.32. The van der Waals surface area contributed by atoms with Crippen LogP contribution in [0.1, 0.15) is 32.6 Å². The van der Waals surface area contributed by atoms with Crippen molar-refractivity contribution < 1.29 is 4.79 Å². The average molecular weight is 252 g/mol. The van der Waals surface area contributed by atoms with Crippen LogP contribution in [0, 0.1) is 11.8 Å². The first-order valence-electron chi connectivity index (χ1n) is 6.24. The molecule has 0 heterocycles. The van der Waals surface area contributed by atoms with E-state index in [4.69, 9.17) is 11.6 Å². The van der Waals surface area contributed by atoms with Crippen molar-refractivity contribution in [2.75, 3.05) is 5.32 Å². The van der Waals surface area contributed by atoms with E-state index in [2.05, 4.69) is 5.32 Å². The number of rotatable bonds is 3. The van der Waals surface area contributed by atoms with Crippen molar-refractivity contribution >= 4 is 23.2 Å². The average Bonchev–Trinajstić information content (AvgIpc) is 2.84. The molecule has 0 saturated heterocycles. The minimum atomic E-state index is 0.0776. The minimum absolute atomic E-state index is 0.0776. The number of halogens is 1. The Bertz CT molecular complexity index is 399. The fraction of sp³-hybridized carbons (Fsp3) is 0.500. The molecular formula is C14H18ClNO. The molecule has 1 unspecified atom stereocenters. The molecule has 1 aliphatic rings. The molecule has 1 atom stereocenters. The van der Waals surface area contributed by atoms with Crippen molar-refractivity contribution in [2.45, 2.75) is 32.6 Å². The molecule has 17 heavy (non-hydrogen) atoms. The SMILES string of the molecule is CC(C(=O)Nc1ccccc1Cl)C1CCCC1. The second kappa shape index (κ2) is 5.54. The van der Waals surface area contributed by atoms with Gasteiger partial charge in [0.05, 0.1) is 10.7 Å². The molecule has 0 bridgehead atoms. The van der Waals surface area contributed by atoms with Crippen LogP contribution in [0.5, 0.6) is 0 Å². The first kappa shape index (κ1) is 12.4. The molecular weight excluding hydrogens is 234 g/mol. The van der Waals surface area contributed by atoms with Crippen LogP contribution in [0.2, 0.25) is 5.02 Å². The van der Waals surface area contributed by atoms with Gasteiger partial charge in [-0.2, -0.15) is 0 Å². The zero-order valence-corrected chi connectivity index (χ0v) is 10.8. The molecule has 2 rings (SSSR count). The third-order valence-corrected chi connectivity index (χ3v) is 3.98. The van der Waals surface area contributed by atoms with Crippen molar-refractivity contribution in [1.29, 1.82) is 0 Å². The molecule has 1 aliphatic carbocycles. The molecule has 0 spiro atoms. The van der Waals surface area contributed by atoms with Gasteiger partial charge in [0, 0.05) is 5.92 Å². The molecule has 3 heteroatoms. The third kappa shape index (κ3) is 3.01. The van der Waals surface area contributed by atoms with E-state index in [1.54, 1.807) is 6.07 Å². The fourth-order valence-electron chi connectivity index (χ4n) is 2.48. The third-order valence-electron chi connectivity index (χ3n) is 3.65. The van der Waals surface area contributed by atoms with E-state index in [9.17, 15) is 4.79 Å². The Labute approximate surface area is 107 Å². The Kier molecular flexibility index (Phi) is 4.06. The molecule has 0 radical (unpaired) electrons. The monoisotopic (exact) mass is 251 g/mol. The quantitative estimate of drug-likeness (QED) is 0.861. The van der Waals surface area contributed by atoms with E-state index < -0.39 is 0 Å². The normalized spacial score (nSPS) is 18.0. The summed E-state index contributed by atoms with van der Waals surface area (Å²) in [6.07, 6.45) is 4.87. The topological polar surface area (TPSA) is 29.1 Å². The van der Waals surface area contributed by atoms with Crippen LogP contribution >= 0.6 is 11.6 Å². The van der Waals surface area contributed by atoms with Crippen LogP contribution in [0.25, 0.3) is 0 Å². The molecule has 1 aromatic rings. The number of para-hydroxylation sites is 1. The fourth-order valence-corrected chi connectivity index (χ4v) is 2.66. The first-order valence-corrected chi connectivity index (χ1v) is 6.61. The largest absolute Gasteiger partial charge is 0.325 e. The van der Waals surface area contributed by atoms with Crippen LogP contribution in [-0.2, 0) is 4.79 Å². The lowest BCUT2D eigenvalue weighted by Crippen LogP contribution is -2.25. The van der Waals surface area contributed by atoms with Gasteiger partial charge in [-0.15, -0.1) is 0 Å². The van der Waals surface area contributed by atoms with Gasteiger partial charge < -0.3 is 5.32 Å². The molecule has 2 nitrogen and oxygen atoms in total. The standard InChI is InChI=1S/C14H18ClNO/c1-10(11-6-2-3-7-11)14(17)16-13-9-5-4-8-12(13)15/h4-5,8-11H,2-3,6-7H2,1H3,(H,16,17).